The Balaban J connectivity index is 1.40. The highest BCUT2D eigenvalue weighted by Gasteiger charge is 2.18. The lowest BCUT2D eigenvalue weighted by Gasteiger charge is -2.07. The zero-order chi connectivity index (χ0) is 28.8. The van der Waals surface area contributed by atoms with E-state index in [9.17, 15) is 14.9 Å². The molecule has 4 heterocycles. The van der Waals surface area contributed by atoms with Gasteiger partial charge in [-0.25, -0.2) is 9.97 Å². The van der Waals surface area contributed by atoms with Crippen LogP contribution in [-0.2, 0) is 0 Å². The number of pyridine rings is 1. The fourth-order valence-corrected chi connectivity index (χ4v) is 4.96. The average Bonchev–Trinajstić information content (AvgIpc) is 3.63. The molecule has 0 radical (unpaired) electrons. The highest BCUT2D eigenvalue weighted by molar-refractivity contribution is 6.00. The van der Waals surface area contributed by atoms with Gasteiger partial charge in [0.15, 0.2) is 5.76 Å². The van der Waals surface area contributed by atoms with Crippen LogP contribution in [-0.4, -0.2) is 37.5 Å². The number of hydrogen-bond donors (Lipinski definition) is 0. The van der Waals surface area contributed by atoms with E-state index < -0.39 is 4.92 Å². The van der Waals surface area contributed by atoms with Crippen LogP contribution in [0, 0.1) is 10.1 Å². The Labute approximate surface area is 236 Å². The summed E-state index contributed by atoms with van der Waals surface area (Å²) >= 11 is 0. The molecule has 204 valence electrons. The number of hydrogen-bond acceptors (Lipinski definition) is 8. The van der Waals surface area contributed by atoms with Gasteiger partial charge < -0.3 is 13.7 Å². The summed E-state index contributed by atoms with van der Waals surface area (Å²) in [6.07, 6.45) is 4.61. The molecule has 0 aliphatic heterocycles. The summed E-state index contributed by atoms with van der Waals surface area (Å²) in [4.78, 5) is 33.4. The zero-order valence-electron chi connectivity index (χ0n) is 22.0. The van der Waals surface area contributed by atoms with Gasteiger partial charge in [0.2, 0.25) is 5.82 Å². The molecule has 42 heavy (non-hydrogen) atoms. The first-order chi connectivity index (χ1) is 20.5. The number of rotatable bonds is 6. The van der Waals surface area contributed by atoms with Crippen LogP contribution in [0.5, 0.6) is 5.75 Å². The van der Waals surface area contributed by atoms with Crippen LogP contribution in [0.25, 0.3) is 50.2 Å². The molecule has 11 nitrogen and oxygen atoms in total. The highest BCUT2D eigenvalue weighted by Crippen LogP contribution is 2.33. The van der Waals surface area contributed by atoms with Gasteiger partial charge in [-0.05, 0) is 42.5 Å². The molecule has 0 atom stereocenters. The molecule has 0 saturated carbocycles. The predicted octanol–water partition coefficient (Wildman–Crippen LogP) is 5.95. The first kappa shape index (κ1) is 24.9. The first-order valence-corrected chi connectivity index (χ1v) is 12.9. The van der Waals surface area contributed by atoms with Crippen molar-refractivity contribution >= 4 is 44.7 Å². The standard InChI is InChI=1S/C31H20N6O5/c1-41-26-11-6-12-27-23(26)15-28(42-27)30-34-24-9-4-2-8-22(24)31(38)36(30)33-16-19-18-35(25-10-5-3-7-21(19)25)29-14-13-20(17-32-29)37(39)40/h2-18H,1H3. The van der Waals surface area contributed by atoms with Crippen LogP contribution >= 0.6 is 0 Å². The van der Waals surface area contributed by atoms with Crippen molar-refractivity contribution in [2.24, 2.45) is 5.10 Å². The number of aromatic nitrogens is 4. The van der Waals surface area contributed by atoms with Gasteiger partial charge in [0.1, 0.15) is 23.3 Å². The van der Waals surface area contributed by atoms with E-state index in [1.54, 1.807) is 43.7 Å². The van der Waals surface area contributed by atoms with E-state index in [0.717, 1.165) is 16.3 Å². The SMILES string of the molecule is COc1cccc2oc(-c3nc4ccccc4c(=O)n3N=Cc3cn(-c4ccc([N+](=O)[O-])cn4)c4ccccc34)cc12. The quantitative estimate of drug-likeness (QED) is 0.141. The van der Waals surface area contributed by atoms with Crippen molar-refractivity contribution < 1.29 is 14.1 Å². The van der Waals surface area contributed by atoms with Crippen LogP contribution in [0.2, 0.25) is 0 Å². The molecular formula is C31H20N6O5. The molecule has 0 aliphatic carbocycles. The molecule has 0 N–H and O–H groups in total. The van der Waals surface area contributed by atoms with Crippen molar-refractivity contribution in [1.82, 2.24) is 19.2 Å². The summed E-state index contributed by atoms with van der Waals surface area (Å²) in [5, 5.41) is 17.7. The second kappa shape index (κ2) is 9.82. The van der Waals surface area contributed by atoms with Crippen LogP contribution in [0.3, 0.4) is 0 Å². The molecule has 11 heteroatoms. The van der Waals surface area contributed by atoms with Gasteiger partial charge in [-0.2, -0.15) is 9.78 Å². The van der Waals surface area contributed by atoms with Gasteiger partial charge in [0.25, 0.3) is 11.2 Å². The molecule has 0 spiro atoms. The van der Waals surface area contributed by atoms with Gasteiger partial charge in [-0.3, -0.25) is 14.9 Å². The van der Waals surface area contributed by atoms with Gasteiger partial charge >= 0.3 is 0 Å². The van der Waals surface area contributed by atoms with E-state index in [1.807, 2.05) is 59.3 Å². The number of furan rings is 1. The molecule has 0 aliphatic rings. The summed E-state index contributed by atoms with van der Waals surface area (Å²) < 4.78 is 14.6. The van der Waals surface area contributed by atoms with Gasteiger partial charge in [0.05, 0.1) is 40.1 Å². The summed E-state index contributed by atoms with van der Waals surface area (Å²) in [7, 11) is 1.58. The lowest BCUT2D eigenvalue weighted by atomic mass is 10.2. The van der Waals surface area contributed by atoms with E-state index in [2.05, 4.69) is 10.1 Å². The largest absolute Gasteiger partial charge is 0.496 e. The average molecular weight is 557 g/mol. The topological polar surface area (TPSA) is 131 Å². The third-order valence-electron chi connectivity index (χ3n) is 6.96. The van der Waals surface area contributed by atoms with Crippen molar-refractivity contribution in [2.45, 2.75) is 0 Å². The summed E-state index contributed by atoms with van der Waals surface area (Å²) in [6, 6.07) is 24.9. The molecule has 0 saturated heterocycles. The molecule has 0 unspecified atom stereocenters. The fourth-order valence-electron chi connectivity index (χ4n) is 4.96. The second-order valence-electron chi connectivity index (χ2n) is 9.40. The number of para-hydroxylation sites is 2. The molecule has 3 aromatic carbocycles. The third kappa shape index (κ3) is 4.07. The van der Waals surface area contributed by atoms with E-state index >= 15 is 0 Å². The molecule has 0 bridgehead atoms. The Morgan fingerprint density at radius 2 is 1.79 bits per heavy atom. The minimum absolute atomic E-state index is 0.101. The Kier molecular flexibility index (Phi) is 5.82. The van der Waals surface area contributed by atoms with Crippen molar-refractivity contribution in [3.8, 4) is 23.2 Å². The molecule has 0 fully saturated rings. The van der Waals surface area contributed by atoms with Crippen LogP contribution < -0.4 is 10.3 Å². The van der Waals surface area contributed by atoms with E-state index in [4.69, 9.17) is 14.1 Å². The van der Waals surface area contributed by atoms with E-state index in [-0.39, 0.29) is 17.1 Å². The van der Waals surface area contributed by atoms with Gasteiger partial charge in [-0.15, -0.1) is 0 Å². The Morgan fingerprint density at radius 1 is 0.976 bits per heavy atom. The fraction of sp³-hybridized carbons (Fsp3) is 0.0323. The summed E-state index contributed by atoms with van der Waals surface area (Å²) in [5.74, 6) is 1.72. The van der Waals surface area contributed by atoms with Crippen LogP contribution in [0.1, 0.15) is 5.56 Å². The maximum absolute atomic E-state index is 13.7. The number of methoxy groups -OCH3 is 1. The number of ether oxygens (including phenoxy) is 1. The minimum atomic E-state index is -0.492. The van der Waals surface area contributed by atoms with Crippen molar-refractivity contribution in [2.75, 3.05) is 7.11 Å². The molecule has 0 amide bonds. The van der Waals surface area contributed by atoms with Gasteiger partial charge in [0, 0.05) is 23.2 Å². The second-order valence-corrected chi connectivity index (χ2v) is 9.40. The number of benzene rings is 3. The Bertz CT molecular complexity index is 2250. The summed E-state index contributed by atoms with van der Waals surface area (Å²) in [5.41, 5.74) is 2.14. The monoisotopic (exact) mass is 556 g/mol. The zero-order valence-corrected chi connectivity index (χ0v) is 22.0. The molecule has 7 rings (SSSR count). The minimum Gasteiger partial charge on any atom is -0.496 e. The molecule has 7 aromatic rings. The molecule has 4 aromatic heterocycles. The number of nitrogens with zero attached hydrogens (tertiary/aromatic N) is 6. The number of nitro groups is 1. The number of fused-ring (bicyclic) bond motifs is 3. The van der Waals surface area contributed by atoms with Crippen molar-refractivity contribution in [3.63, 3.8) is 0 Å². The normalized spacial score (nSPS) is 11.6. The van der Waals surface area contributed by atoms with Gasteiger partial charge in [-0.1, -0.05) is 36.4 Å². The summed E-state index contributed by atoms with van der Waals surface area (Å²) in [6.45, 7) is 0. The lowest BCUT2D eigenvalue weighted by Crippen LogP contribution is -2.20. The maximum Gasteiger partial charge on any atom is 0.287 e. The maximum atomic E-state index is 13.7. The first-order valence-electron chi connectivity index (χ1n) is 12.9. The Hall–Kier alpha value is -6.10. The lowest BCUT2D eigenvalue weighted by molar-refractivity contribution is -0.385. The van der Waals surface area contributed by atoms with E-state index in [0.29, 0.717) is 39.4 Å². The highest BCUT2D eigenvalue weighted by atomic mass is 16.6. The van der Waals surface area contributed by atoms with Crippen LogP contribution in [0.15, 0.2) is 112 Å². The third-order valence-corrected chi connectivity index (χ3v) is 6.96. The van der Waals surface area contributed by atoms with Crippen molar-refractivity contribution in [3.05, 3.63) is 123 Å². The van der Waals surface area contributed by atoms with Crippen LogP contribution in [0.4, 0.5) is 5.69 Å². The Morgan fingerprint density at radius 3 is 2.57 bits per heavy atom. The smallest absolute Gasteiger partial charge is 0.287 e. The van der Waals surface area contributed by atoms with Crippen molar-refractivity contribution in [1.29, 1.82) is 0 Å². The van der Waals surface area contributed by atoms with E-state index in [1.165, 1.54) is 16.9 Å². The molecular weight excluding hydrogens is 536 g/mol. The predicted molar refractivity (Wildman–Crippen MR) is 158 cm³/mol.